The van der Waals surface area contributed by atoms with Crippen LogP contribution in [0.15, 0.2) is 78.9 Å². The molecular weight excluding hydrogens is 1380 g/mol. The summed E-state index contributed by atoms with van der Waals surface area (Å²) in [7, 11) is 1.90. The Balaban J connectivity index is 0.000000118. The molecule has 109 heavy (non-hydrogen) atoms. The lowest BCUT2D eigenvalue weighted by atomic mass is 9.73. The summed E-state index contributed by atoms with van der Waals surface area (Å²) >= 11 is 0. The number of anilines is 4. The molecule has 2 unspecified atom stereocenters. The number of carbonyl (C=O) groups excluding carboxylic acids is 4. The van der Waals surface area contributed by atoms with E-state index < -0.39 is 0 Å². The van der Waals surface area contributed by atoms with E-state index in [0.29, 0.717) is 31.7 Å². The van der Waals surface area contributed by atoms with Crippen molar-refractivity contribution in [3.05, 3.63) is 119 Å². The van der Waals surface area contributed by atoms with Gasteiger partial charge in [0.15, 0.2) is 0 Å². The smallest absolute Gasteiger partial charge is 0.414 e. The number of likely N-dealkylation sites (tertiary alicyclic amines) is 5. The lowest BCUT2D eigenvalue weighted by Crippen LogP contribution is -2.55. The fourth-order valence-electron chi connectivity index (χ4n) is 22.6. The summed E-state index contributed by atoms with van der Waals surface area (Å²) in [6.45, 7) is 20.8. The molecule has 2 N–H and O–H groups in total. The van der Waals surface area contributed by atoms with E-state index in [1.54, 1.807) is 41.3 Å². The summed E-state index contributed by atoms with van der Waals surface area (Å²) in [5.74, 6) is 1.44. The largest absolute Gasteiger partial charge is 0.450 e. The maximum atomic E-state index is 14.4. The molecule has 4 spiro atoms. The summed E-state index contributed by atoms with van der Waals surface area (Å²) in [6, 6.07) is 26.2. The fourth-order valence-corrected chi connectivity index (χ4v) is 22.6. The Morgan fingerprint density at radius 1 is 0.486 bits per heavy atom. The van der Waals surface area contributed by atoms with E-state index in [1.807, 2.05) is 53.8 Å². The number of piperidine rings is 6. The zero-order valence-corrected chi connectivity index (χ0v) is 66.0. The van der Waals surface area contributed by atoms with E-state index in [1.165, 1.54) is 145 Å². The van der Waals surface area contributed by atoms with Gasteiger partial charge in [-0.3, -0.25) is 9.69 Å². The Bertz CT molecular complexity index is 3770. The molecule has 17 nitrogen and oxygen atoms in total. The predicted octanol–water partition coefficient (Wildman–Crippen LogP) is 16.9. The average Bonchev–Trinajstić information content (AvgIpc) is 1.57. The van der Waals surface area contributed by atoms with Gasteiger partial charge in [0, 0.05) is 110 Å². The molecular formula is C89H125F3N10O7. The number of amides is 4. The van der Waals surface area contributed by atoms with Crippen LogP contribution in [0.4, 0.5) is 50.3 Å². The highest BCUT2D eigenvalue weighted by Crippen LogP contribution is 2.52. The Morgan fingerprint density at radius 2 is 1.03 bits per heavy atom. The van der Waals surface area contributed by atoms with Crippen molar-refractivity contribution in [1.82, 2.24) is 29.4 Å². The van der Waals surface area contributed by atoms with Crippen LogP contribution >= 0.6 is 0 Å². The third-order valence-electron chi connectivity index (χ3n) is 29.3. The number of ether oxygens (including phenoxy) is 3. The van der Waals surface area contributed by atoms with Crippen LogP contribution in [-0.2, 0) is 40.7 Å². The van der Waals surface area contributed by atoms with E-state index in [4.69, 9.17) is 14.2 Å². The lowest BCUT2D eigenvalue weighted by molar-refractivity contribution is -0.124. The second kappa shape index (κ2) is 34.0. The quantitative estimate of drug-likeness (QED) is 0.138. The number of benzene rings is 4. The van der Waals surface area contributed by atoms with E-state index in [9.17, 15) is 32.3 Å². The van der Waals surface area contributed by atoms with Gasteiger partial charge in [-0.15, -0.1) is 0 Å². The highest BCUT2D eigenvalue weighted by Gasteiger charge is 2.54. The molecule has 18 rings (SSSR count). The first-order valence-electron chi connectivity index (χ1n) is 43.0. The van der Waals surface area contributed by atoms with Gasteiger partial charge < -0.3 is 59.1 Å². The monoisotopic (exact) mass is 1500 g/mol. The van der Waals surface area contributed by atoms with Gasteiger partial charge in [0.1, 0.15) is 23.6 Å². The zero-order chi connectivity index (χ0) is 75.4. The molecule has 7 saturated heterocycles. The summed E-state index contributed by atoms with van der Waals surface area (Å²) in [5.41, 5.74) is 8.64. The number of likely N-dealkylation sites (N-methyl/N-ethyl adjacent to an activating group) is 1. The van der Waals surface area contributed by atoms with Crippen LogP contribution in [0, 0.1) is 29.3 Å². The minimum atomic E-state index is -0.324. The third-order valence-corrected chi connectivity index (χ3v) is 29.3. The first kappa shape index (κ1) is 77.7. The van der Waals surface area contributed by atoms with Crippen molar-refractivity contribution in [2.75, 3.05) is 132 Å². The molecule has 594 valence electrons. The molecule has 4 aromatic carbocycles. The third kappa shape index (κ3) is 16.4. The summed E-state index contributed by atoms with van der Waals surface area (Å²) in [4.78, 5) is 68.5. The molecule has 4 aromatic rings. The molecule has 11 heterocycles. The maximum absolute atomic E-state index is 14.4. The lowest BCUT2D eigenvalue weighted by Gasteiger charge is -2.47. The number of para-hydroxylation sites is 1. The zero-order valence-electron chi connectivity index (χ0n) is 66.0. The summed E-state index contributed by atoms with van der Waals surface area (Å²) < 4.78 is 58.0. The van der Waals surface area contributed by atoms with Crippen molar-refractivity contribution in [2.24, 2.45) is 11.8 Å². The molecule has 2 bridgehead atoms. The second-order valence-corrected chi connectivity index (χ2v) is 35.4. The predicted molar refractivity (Wildman–Crippen MR) is 424 cm³/mol. The Hall–Kier alpha value is -6.61. The van der Waals surface area contributed by atoms with Crippen LogP contribution in [0.1, 0.15) is 229 Å². The topological polar surface area (TPSA) is 146 Å². The van der Waals surface area contributed by atoms with Crippen molar-refractivity contribution in [2.45, 2.75) is 265 Å². The van der Waals surface area contributed by atoms with Crippen LogP contribution < -0.4 is 20.4 Å². The van der Waals surface area contributed by atoms with Crippen LogP contribution in [0.5, 0.6) is 0 Å². The SMILES string of the molecule is CCCC1CCC(N2CCC3(CC2)CNc2ccc(F)cc23)CC1.CCCOC(=O)N1C2CCC1CC(N1CCC3(CC1)CN(C(=O)OC1CCC1)c1ccc(F)cc13)C2.CCOC(=O)N1CCC(CN2CCC3(CC2)C(=O)N(C)c2ccccc23)CC1.Fc1ccc2c(c1)C1(CCN(C3CCCCC3)CC1)CN2. The molecule has 3 saturated carbocycles. The fraction of sp³-hybridized carbons (Fsp3) is 0.685. The number of fused-ring (bicyclic) bond motifs is 10. The minimum Gasteiger partial charge on any atom is -0.450 e. The number of nitrogens with zero attached hydrogens (tertiary/aromatic N) is 8. The molecule has 2 atom stereocenters. The van der Waals surface area contributed by atoms with Crippen LogP contribution in [0.2, 0.25) is 0 Å². The summed E-state index contributed by atoms with van der Waals surface area (Å²) in [6.07, 6.45) is 33.1. The van der Waals surface area contributed by atoms with Gasteiger partial charge in [-0.1, -0.05) is 64.2 Å². The van der Waals surface area contributed by atoms with Gasteiger partial charge in [0.25, 0.3) is 0 Å². The van der Waals surface area contributed by atoms with Gasteiger partial charge in [-0.05, 0) is 308 Å². The minimum absolute atomic E-state index is 0.0280. The van der Waals surface area contributed by atoms with E-state index in [2.05, 4.69) is 55.4 Å². The van der Waals surface area contributed by atoms with Crippen molar-refractivity contribution in [1.29, 1.82) is 0 Å². The number of carbonyl (C=O) groups is 4. The van der Waals surface area contributed by atoms with Crippen LogP contribution in [-0.4, -0.2) is 202 Å². The number of rotatable bonds is 11. The highest BCUT2D eigenvalue weighted by atomic mass is 19.1. The van der Waals surface area contributed by atoms with Crippen LogP contribution in [0.3, 0.4) is 0 Å². The molecule has 14 aliphatic rings. The number of halogens is 3. The molecule has 3 aliphatic carbocycles. The van der Waals surface area contributed by atoms with Crippen molar-refractivity contribution >= 4 is 46.9 Å². The van der Waals surface area contributed by atoms with E-state index >= 15 is 0 Å². The highest BCUT2D eigenvalue weighted by molar-refractivity contribution is 6.07. The van der Waals surface area contributed by atoms with Crippen molar-refractivity contribution < 1.29 is 46.6 Å². The number of nitrogens with one attached hydrogen (secondary N) is 2. The first-order chi connectivity index (χ1) is 53.0. The van der Waals surface area contributed by atoms with Crippen molar-refractivity contribution in [3.63, 3.8) is 0 Å². The molecule has 20 heteroatoms. The first-order valence-corrected chi connectivity index (χ1v) is 43.0. The molecule has 10 fully saturated rings. The Labute approximate surface area is 647 Å². The van der Waals surface area contributed by atoms with Gasteiger partial charge in [-0.2, -0.15) is 0 Å². The van der Waals surface area contributed by atoms with E-state index in [0.717, 1.165) is 195 Å². The average molecular weight is 1500 g/mol. The normalized spacial score (nSPS) is 26.9. The molecule has 0 radical (unpaired) electrons. The maximum Gasteiger partial charge on any atom is 0.414 e. The van der Waals surface area contributed by atoms with Gasteiger partial charge >= 0.3 is 18.3 Å². The van der Waals surface area contributed by atoms with Gasteiger partial charge in [0.2, 0.25) is 5.91 Å². The second-order valence-electron chi connectivity index (χ2n) is 35.4. The molecule has 0 aromatic heterocycles. The molecule has 4 amide bonds. The number of hydrogen-bond acceptors (Lipinski definition) is 13. The van der Waals surface area contributed by atoms with Crippen LogP contribution in [0.25, 0.3) is 0 Å². The standard InChI is InChI=1S/C28H38FN3O4.C22H31N3O3.C21H31FN2.C18H25FN2/c1-2-14-35-27(34)32-20-7-8-21(32)17-22(16-20)30-12-10-28(11-13-30)18-31(26(33)36-23-4-3-5-23)25-9-6-19(29)15-24(25)28;1-3-28-21(27)25-12-8-17(9-13-25)16-24-14-10-22(11-15-24)18-6-4-5-7-19(18)23(2)20(22)26;1-2-3-16-4-7-18(8-5-16)24-12-10-21(11-13-24)15-23-20-9-6-17(22)14-19(20)21;19-14-6-7-17-16(12-14)18(13-20-17)8-10-21(11-9-18)15-4-2-1-3-5-15/h6,9,15,20-23H,2-5,7-8,10-14,16-18H2,1H3;4-7,17H,3,8-16H2,1-2H3;6,9,14,16,18,23H,2-5,7-8,10-13,15H2,1H3;6-7,12,15,20H,1-5,8-11,13H2. The Kier molecular flexibility index (Phi) is 24.2. The van der Waals surface area contributed by atoms with E-state index in [-0.39, 0.29) is 81.5 Å². The summed E-state index contributed by atoms with van der Waals surface area (Å²) in [5, 5.41) is 7.01. The van der Waals surface area contributed by atoms with Gasteiger partial charge in [0.05, 0.1) is 24.3 Å². The number of hydrogen-bond donors (Lipinski definition) is 2. The Morgan fingerprint density at radius 3 is 1.59 bits per heavy atom. The van der Waals surface area contributed by atoms with Gasteiger partial charge in [-0.25, -0.2) is 27.6 Å². The van der Waals surface area contributed by atoms with Crippen molar-refractivity contribution in [3.8, 4) is 0 Å². The molecule has 11 aliphatic heterocycles.